The van der Waals surface area contributed by atoms with E-state index < -0.39 is 10.1 Å². The van der Waals surface area contributed by atoms with Gasteiger partial charge < -0.3 is 9.47 Å². The van der Waals surface area contributed by atoms with E-state index in [1.165, 1.54) is 6.42 Å². The van der Waals surface area contributed by atoms with Gasteiger partial charge in [0.2, 0.25) is 5.88 Å². The number of pyridine rings is 1. The molecule has 0 unspecified atom stereocenters. The van der Waals surface area contributed by atoms with Crippen molar-refractivity contribution in [1.29, 1.82) is 0 Å². The smallest absolute Gasteiger partial charge is 0.264 e. The maximum Gasteiger partial charge on any atom is 0.264 e. The molecule has 1 heterocycles. The molecule has 3 rings (SSSR count). The molecule has 7 heteroatoms. The second-order valence-corrected chi connectivity index (χ2v) is 8.54. The van der Waals surface area contributed by atoms with Gasteiger partial charge in [-0.1, -0.05) is 36.8 Å². The van der Waals surface area contributed by atoms with Crippen molar-refractivity contribution < 1.29 is 22.1 Å². The minimum absolute atomic E-state index is 0.170. The van der Waals surface area contributed by atoms with E-state index in [1.807, 2.05) is 37.3 Å². The molecule has 0 saturated heterocycles. The average molecular weight is 391 g/mol. The Hall–Kier alpha value is -2.12. The summed E-state index contributed by atoms with van der Waals surface area (Å²) in [5, 5.41) is 0. The number of nitrogens with zero attached hydrogens (tertiary/aromatic N) is 1. The second kappa shape index (κ2) is 8.71. The number of aryl methyl sites for hydroxylation is 1. The fourth-order valence-electron chi connectivity index (χ4n) is 2.78. The van der Waals surface area contributed by atoms with Gasteiger partial charge in [0, 0.05) is 11.8 Å². The van der Waals surface area contributed by atoms with Crippen LogP contribution in [0.5, 0.6) is 11.6 Å². The number of rotatable bonds is 9. The molecule has 0 aliphatic heterocycles. The lowest BCUT2D eigenvalue weighted by Gasteiger charge is -2.26. The molecule has 0 radical (unpaired) electrons. The Morgan fingerprint density at radius 3 is 2.48 bits per heavy atom. The quantitative estimate of drug-likeness (QED) is 0.608. The van der Waals surface area contributed by atoms with Gasteiger partial charge in [-0.3, -0.25) is 4.18 Å². The molecule has 0 spiro atoms. The molecule has 2 aromatic rings. The topological polar surface area (TPSA) is 74.7 Å². The largest absolute Gasteiger partial charge is 0.493 e. The minimum atomic E-state index is -3.60. The molecule has 1 aromatic heterocycles. The molecule has 1 aliphatic rings. The predicted molar refractivity (Wildman–Crippen MR) is 102 cm³/mol. The lowest BCUT2D eigenvalue weighted by atomic mass is 9.86. The van der Waals surface area contributed by atoms with Crippen molar-refractivity contribution in [1.82, 2.24) is 4.98 Å². The fourth-order valence-corrected chi connectivity index (χ4v) is 3.11. The Balaban J connectivity index is 1.82. The summed E-state index contributed by atoms with van der Waals surface area (Å²) in [6.45, 7) is 2.61. The van der Waals surface area contributed by atoms with Crippen molar-refractivity contribution >= 4 is 10.1 Å². The van der Waals surface area contributed by atoms with E-state index in [0.717, 1.165) is 30.4 Å². The first-order valence-electron chi connectivity index (χ1n) is 9.05. The van der Waals surface area contributed by atoms with Crippen molar-refractivity contribution in [3.8, 4) is 11.6 Å². The van der Waals surface area contributed by atoms with Gasteiger partial charge in [-0.15, -0.1) is 0 Å². The maximum absolute atomic E-state index is 11.5. The average Bonchev–Trinajstić information content (AvgIpc) is 2.57. The SMILES string of the molecule is Cc1cc(OCC2CCC2)c(COS(C)(=O)=O)c(OCc2ccccc2)n1. The summed E-state index contributed by atoms with van der Waals surface area (Å²) in [6, 6.07) is 11.5. The normalized spacial score (nSPS) is 14.6. The molecule has 146 valence electrons. The molecule has 0 N–H and O–H groups in total. The Kier molecular flexibility index (Phi) is 6.34. The monoisotopic (exact) mass is 391 g/mol. The van der Waals surface area contributed by atoms with Crippen LogP contribution in [0, 0.1) is 12.8 Å². The van der Waals surface area contributed by atoms with Gasteiger partial charge in [-0.25, -0.2) is 4.98 Å². The Labute approximate surface area is 160 Å². The first-order chi connectivity index (χ1) is 12.9. The Morgan fingerprint density at radius 1 is 1.11 bits per heavy atom. The first kappa shape index (κ1) is 19.6. The summed E-state index contributed by atoms with van der Waals surface area (Å²) < 4.78 is 39.8. The summed E-state index contributed by atoms with van der Waals surface area (Å²) in [4.78, 5) is 4.43. The van der Waals surface area contributed by atoms with Gasteiger partial charge in [0.05, 0.1) is 18.4 Å². The van der Waals surface area contributed by atoms with Crippen LogP contribution in [0.25, 0.3) is 0 Å². The van der Waals surface area contributed by atoms with Gasteiger partial charge in [-0.05, 0) is 31.2 Å². The lowest BCUT2D eigenvalue weighted by Crippen LogP contribution is -2.20. The Bertz CT molecular complexity index is 863. The molecule has 1 saturated carbocycles. The molecular weight excluding hydrogens is 366 g/mol. The fraction of sp³-hybridized carbons (Fsp3) is 0.450. The van der Waals surface area contributed by atoms with Crippen LogP contribution in [-0.2, 0) is 27.5 Å². The van der Waals surface area contributed by atoms with E-state index >= 15 is 0 Å². The standard InChI is InChI=1S/C20H25NO5S/c1-15-11-19(24-12-17-9-6-10-17)18(14-26-27(2,22)23)20(21-15)25-13-16-7-4-3-5-8-16/h3-5,7-8,11,17H,6,9-10,12-14H2,1-2H3. The first-order valence-corrected chi connectivity index (χ1v) is 10.9. The molecule has 1 aromatic carbocycles. The molecule has 0 amide bonds. The highest BCUT2D eigenvalue weighted by Crippen LogP contribution is 2.32. The van der Waals surface area contributed by atoms with Crippen LogP contribution in [0.15, 0.2) is 36.4 Å². The van der Waals surface area contributed by atoms with E-state index in [-0.39, 0.29) is 6.61 Å². The van der Waals surface area contributed by atoms with Crippen LogP contribution in [0.1, 0.15) is 36.1 Å². The molecular formula is C20H25NO5S. The highest BCUT2D eigenvalue weighted by atomic mass is 32.2. The number of aromatic nitrogens is 1. The number of hydrogen-bond donors (Lipinski definition) is 0. The summed E-state index contributed by atoms with van der Waals surface area (Å²) in [7, 11) is -3.60. The van der Waals surface area contributed by atoms with Crippen molar-refractivity contribution in [3.63, 3.8) is 0 Å². The van der Waals surface area contributed by atoms with Crippen molar-refractivity contribution in [3.05, 3.63) is 53.2 Å². The van der Waals surface area contributed by atoms with Crippen LogP contribution in [-0.4, -0.2) is 26.3 Å². The number of benzene rings is 1. The zero-order valence-corrected chi connectivity index (χ0v) is 16.5. The third kappa shape index (κ3) is 5.94. The van der Waals surface area contributed by atoms with E-state index in [9.17, 15) is 8.42 Å². The van der Waals surface area contributed by atoms with Crippen LogP contribution < -0.4 is 9.47 Å². The maximum atomic E-state index is 11.5. The summed E-state index contributed by atoms with van der Waals surface area (Å²) >= 11 is 0. The summed E-state index contributed by atoms with van der Waals surface area (Å²) in [6.07, 6.45) is 4.58. The highest BCUT2D eigenvalue weighted by Gasteiger charge is 2.21. The predicted octanol–water partition coefficient (Wildman–Crippen LogP) is 3.62. The number of ether oxygens (including phenoxy) is 2. The molecule has 6 nitrogen and oxygen atoms in total. The molecule has 0 atom stereocenters. The van der Waals surface area contributed by atoms with Crippen molar-refractivity contribution in [2.24, 2.45) is 5.92 Å². The van der Waals surface area contributed by atoms with E-state index in [1.54, 1.807) is 6.07 Å². The second-order valence-electron chi connectivity index (χ2n) is 6.89. The van der Waals surface area contributed by atoms with Gasteiger partial charge in [-0.2, -0.15) is 8.42 Å². The van der Waals surface area contributed by atoms with E-state index in [0.29, 0.717) is 36.3 Å². The van der Waals surface area contributed by atoms with E-state index in [4.69, 9.17) is 13.7 Å². The van der Waals surface area contributed by atoms with Gasteiger partial charge in [0.1, 0.15) is 19.0 Å². The molecule has 0 bridgehead atoms. The lowest BCUT2D eigenvalue weighted by molar-refractivity contribution is 0.174. The van der Waals surface area contributed by atoms with Crippen molar-refractivity contribution in [2.75, 3.05) is 12.9 Å². The van der Waals surface area contributed by atoms with Crippen molar-refractivity contribution in [2.45, 2.75) is 39.4 Å². The van der Waals surface area contributed by atoms with Gasteiger partial charge in [0.15, 0.2) is 0 Å². The Morgan fingerprint density at radius 2 is 1.85 bits per heavy atom. The molecule has 27 heavy (non-hydrogen) atoms. The third-order valence-electron chi connectivity index (χ3n) is 4.51. The molecule has 1 aliphatic carbocycles. The van der Waals surface area contributed by atoms with Crippen LogP contribution in [0.3, 0.4) is 0 Å². The van der Waals surface area contributed by atoms with E-state index in [2.05, 4.69) is 4.98 Å². The van der Waals surface area contributed by atoms with Crippen LogP contribution >= 0.6 is 0 Å². The van der Waals surface area contributed by atoms with Gasteiger partial charge >= 0.3 is 0 Å². The minimum Gasteiger partial charge on any atom is -0.493 e. The van der Waals surface area contributed by atoms with Gasteiger partial charge in [0.25, 0.3) is 10.1 Å². The number of hydrogen-bond acceptors (Lipinski definition) is 6. The molecule has 1 fully saturated rings. The zero-order chi connectivity index (χ0) is 19.3. The van der Waals surface area contributed by atoms with Crippen LogP contribution in [0.4, 0.5) is 0 Å². The summed E-state index contributed by atoms with van der Waals surface area (Å²) in [5.74, 6) is 1.46. The third-order valence-corrected chi connectivity index (χ3v) is 5.05. The highest BCUT2D eigenvalue weighted by molar-refractivity contribution is 7.85. The zero-order valence-electron chi connectivity index (χ0n) is 15.7. The summed E-state index contributed by atoms with van der Waals surface area (Å²) in [5.41, 5.74) is 2.25. The van der Waals surface area contributed by atoms with Crippen LogP contribution in [0.2, 0.25) is 0 Å².